The highest BCUT2D eigenvalue weighted by molar-refractivity contribution is 7.19. The van der Waals surface area contributed by atoms with Gasteiger partial charge in [0.1, 0.15) is 7.38 Å². The van der Waals surface area contributed by atoms with Crippen LogP contribution in [0.3, 0.4) is 0 Å². The summed E-state index contributed by atoms with van der Waals surface area (Å²) in [5.41, 5.74) is 0. The van der Waals surface area contributed by atoms with E-state index in [1.165, 1.54) is 12.1 Å². The zero-order chi connectivity index (χ0) is 6.62. The second-order valence-corrected chi connectivity index (χ2v) is 10.8. The fourth-order valence-corrected chi connectivity index (χ4v) is 4.65. The molecular formula is C5H13ClSi2. The molecule has 0 saturated carbocycles. The molecule has 0 N–H and O–H groups in total. The van der Waals surface area contributed by atoms with Crippen molar-refractivity contribution in [1.29, 1.82) is 0 Å². The Balaban J connectivity index is 3.11. The minimum atomic E-state index is -1.20. The van der Waals surface area contributed by atoms with Crippen LogP contribution < -0.4 is 0 Å². The van der Waals surface area contributed by atoms with E-state index in [4.69, 9.17) is 11.1 Å². The lowest BCUT2D eigenvalue weighted by atomic mass is 10.9. The second kappa shape index (κ2) is 3.69. The third-order valence-electron chi connectivity index (χ3n) is 0.969. The lowest BCUT2D eigenvalue weighted by Crippen LogP contribution is -2.15. The monoisotopic (exact) mass is 164 g/mol. The maximum absolute atomic E-state index is 6.06. The lowest BCUT2D eigenvalue weighted by Gasteiger charge is -2.09. The first-order valence-corrected chi connectivity index (χ1v) is 8.82. The Morgan fingerprint density at radius 1 is 1.50 bits per heavy atom. The van der Waals surface area contributed by atoms with Crippen LogP contribution in [-0.4, -0.2) is 16.9 Å². The Kier molecular flexibility index (Phi) is 4.03. The predicted octanol–water partition coefficient (Wildman–Crippen LogP) is 2.60. The average molecular weight is 165 g/mol. The third-order valence-corrected chi connectivity index (χ3v) is 4.23. The molecule has 0 aromatic heterocycles. The minimum Gasteiger partial charge on any atom is -0.168 e. The molecule has 0 spiro atoms. The van der Waals surface area contributed by atoms with Crippen molar-refractivity contribution in [3.63, 3.8) is 0 Å². The van der Waals surface area contributed by atoms with Crippen LogP contribution in [0.25, 0.3) is 0 Å². The normalized spacial score (nSPS) is 12.0. The van der Waals surface area contributed by atoms with Gasteiger partial charge < -0.3 is 0 Å². The van der Waals surface area contributed by atoms with Gasteiger partial charge in [-0.05, 0) is 6.04 Å². The van der Waals surface area contributed by atoms with Crippen LogP contribution in [0.5, 0.6) is 0 Å². The first-order chi connectivity index (χ1) is 3.56. The van der Waals surface area contributed by atoms with Crippen molar-refractivity contribution in [2.24, 2.45) is 0 Å². The molecule has 0 saturated heterocycles. The second-order valence-electron chi connectivity index (χ2n) is 2.57. The molecule has 0 amide bonds. The molecule has 0 heterocycles. The molecule has 0 aliphatic carbocycles. The van der Waals surface area contributed by atoms with E-state index in [0.717, 1.165) is 9.52 Å². The van der Waals surface area contributed by atoms with Crippen LogP contribution in [0.15, 0.2) is 0 Å². The molecule has 0 aromatic carbocycles. The van der Waals surface area contributed by atoms with Gasteiger partial charge in [-0.2, -0.15) is 11.1 Å². The van der Waals surface area contributed by atoms with E-state index < -0.39 is 7.38 Å². The van der Waals surface area contributed by atoms with Crippen molar-refractivity contribution in [2.75, 3.05) is 0 Å². The first kappa shape index (κ1) is 8.72. The Morgan fingerprint density at radius 2 is 2.00 bits per heavy atom. The third kappa shape index (κ3) is 6.72. The van der Waals surface area contributed by atoms with Crippen LogP contribution in [0.4, 0.5) is 0 Å². The largest absolute Gasteiger partial charge is 0.168 e. The Labute approximate surface area is 60.2 Å². The van der Waals surface area contributed by atoms with E-state index in [1.807, 2.05) is 0 Å². The number of hydrogen-bond acceptors (Lipinski definition) is 0. The molecule has 0 unspecified atom stereocenters. The molecule has 2 radical (unpaired) electrons. The van der Waals surface area contributed by atoms with E-state index in [1.54, 1.807) is 0 Å². The molecule has 8 heavy (non-hydrogen) atoms. The van der Waals surface area contributed by atoms with E-state index >= 15 is 0 Å². The Hall–Kier alpha value is 0.724. The SMILES string of the molecule is C[Si]CC[Si](C)(C)Cl. The number of hydrogen-bond donors (Lipinski definition) is 0. The van der Waals surface area contributed by atoms with Gasteiger partial charge in [0.25, 0.3) is 0 Å². The van der Waals surface area contributed by atoms with Crippen LogP contribution in [0, 0.1) is 0 Å². The fraction of sp³-hybridized carbons (Fsp3) is 1.00. The summed E-state index contributed by atoms with van der Waals surface area (Å²) in [6.07, 6.45) is 0. The van der Waals surface area contributed by atoms with Gasteiger partial charge in [-0.3, -0.25) is 0 Å². The zero-order valence-electron chi connectivity index (χ0n) is 5.79. The summed E-state index contributed by atoms with van der Waals surface area (Å²) < 4.78 is 0. The van der Waals surface area contributed by atoms with E-state index in [2.05, 4.69) is 19.6 Å². The highest BCUT2D eigenvalue weighted by atomic mass is 35.6. The summed E-state index contributed by atoms with van der Waals surface area (Å²) in [5.74, 6) is 0. The van der Waals surface area contributed by atoms with Crippen molar-refractivity contribution >= 4 is 28.0 Å². The molecule has 3 heteroatoms. The van der Waals surface area contributed by atoms with Gasteiger partial charge in [0, 0.05) is 9.52 Å². The quantitative estimate of drug-likeness (QED) is 0.445. The first-order valence-electron chi connectivity index (χ1n) is 2.90. The van der Waals surface area contributed by atoms with Gasteiger partial charge in [0.05, 0.1) is 0 Å². The lowest BCUT2D eigenvalue weighted by molar-refractivity contribution is 1.37. The van der Waals surface area contributed by atoms with Crippen molar-refractivity contribution in [2.45, 2.75) is 31.7 Å². The van der Waals surface area contributed by atoms with E-state index in [9.17, 15) is 0 Å². The zero-order valence-corrected chi connectivity index (χ0v) is 8.55. The van der Waals surface area contributed by atoms with Crippen molar-refractivity contribution in [3.8, 4) is 0 Å². The minimum absolute atomic E-state index is 1.08. The van der Waals surface area contributed by atoms with Gasteiger partial charge >= 0.3 is 0 Å². The molecule has 0 fully saturated rings. The van der Waals surface area contributed by atoms with Gasteiger partial charge in [-0.25, -0.2) is 0 Å². The number of halogens is 1. The number of rotatable bonds is 3. The molecule has 0 aromatic rings. The maximum atomic E-state index is 6.06. The van der Waals surface area contributed by atoms with E-state index in [0.29, 0.717) is 0 Å². The van der Waals surface area contributed by atoms with Crippen LogP contribution in [0.1, 0.15) is 0 Å². The summed E-state index contributed by atoms with van der Waals surface area (Å²) in [7, 11) is -0.117. The maximum Gasteiger partial charge on any atom is 0.150 e. The molecule has 0 aliphatic heterocycles. The van der Waals surface area contributed by atoms with Crippen LogP contribution in [0.2, 0.25) is 31.7 Å². The van der Waals surface area contributed by atoms with Gasteiger partial charge in [0.2, 0.25) is 0 Å². The standard InChI is InChI=1S/C5H13ClSi2/c1-7-4-5-8(2,3)6/h4-5H2,1-3H3. The summed E-state index contributed by atoms with van der Waals surface area (Å²) in [5, 5.41) is 0. The molecule has 0 rings (SSSR count). The summed E-state index contributed by atoms with van der Waals surface area (Å²) in [6.45, 7) is 6.64. The topological polar surface area (TPSA) is 0 Å². The molecule has 0 bridgehead atoms. The summed E-state index contributed by atoms with van der Waals surface area (Å²) >= 11 is 6.06. The van der Waals surface area contributed by atoms with Gasteiger partial charge in [-0.15, -0.1) is 0 Å². The van der Waals surface area contributed by atoms with E-state index in [-0.39, 0.29) is 0 Å². The van der Waals surface area contributed by atoms with Gasteiger partial charge in [-0.1, -0.05) is 25.7 Å². The molecular weight excluding hydrogens is 152 g/mol. The average Bonchev–Trinajstić information content (AvgIpc) is 1.59. The van der Waals surface area contributed by atoms with Crippen molar-refractivity contribution in [3.05, 3.63) is 0 Å². The highest BCUT2D eigenvalue weighted by Gasteiger charge is 2.14. The Bertz CT molecular complexity index is 57.9. The highest BCUT2D eigenvalue weighted by Crippen LogP contribution is 2.15. The molecule has 0 nitrogen and oxygen atoms in total. The van der Waals surface area contributed by atoms with Crippen molar-refractivity contribution in [1.82, 2.24) is 0 Å². The van der Waals surface area contributed by atoms with Crippen LogP contribution >= 0.6 is 11.1 Å². The smallest absolute Gasteiger partial charge is 0.150 e. The molecule has 0 aliphatic rings. The Morgan fingerprint density at radius 3 is 2.12 bits per heavy atom. The van der Waals surface area contributed by atoms with Crippen LogP contribution in [-0.2, 0) is 0 Å². The summed E-state index contributed by atoms with van der Waals surface area (Å²) in [6, 6.07) is 2.62. The molecule has 0 atom stereocenters. The fourth-order valence-electron chi connectivity index (χ4n) is 0.422. The predicted molar refractivity (Wildman–Crippen MR) is 44.6 cm³/mol. The summed E-state index contributed by atoms with van der Waals surface area (Å²) in [4.78, 5) is 0. The van der Waals surface area contributed by atoms with Gasteiger partial charge in [0.15, 0.2) is 0 Å². The van der Waals surface area contributed by atoms with Crippen molar-refractivity contribution < 1.29 is 0 Å². The molecule has 48 valence electrons.